The van der Waals surface area contributed by atoms with E-state index in [1.54, 1.807) is 18.2 Å². The van der Waals surface area contributed by atoms with E-state index >= 15 is 0 Å². The Hall–Kier alpha value is -1.75. The number of benzene rings is 1. The maximum absolute atomic E-state index is 12.5. The quantitative estimate of drug-likeness (QED) is 0.347. The Morgan fingerprint density at radius 2 is 2.19 bits per heavy atom. The number of oxime groups is 1. The highest BCUT2D eigenvalue weighted by atomic mass is 35.5. The van der Waals surface area contributed by atoms with Crippen molar-refractivity contribution in [1.29, 1.82) is 0 Å². The zero-order valence-corrected chi connectivity index (χ0v) is 12.3. The first kappa shape index (κ1) is 14.2. The number of carbonyl (C=O) groups excluding carboxylic acids is 1. The molecular formula is C15H18ClN3O2. The van der Waals surface area contributed by atoms with Gasteiger partial charge in [-0.15, -0.1) is 0 Å². The summed E-state index contributed by atoms with van der Waals surface area (Å²) in [4.78, 5) is 12.5. The van der Waals surface area contributed by atoms with Crippen molar-refractivity contribution < 1.29 is 10.0 Å². The Kier molecular flexibility index (Phi) is 3.76. The summed E-state index contributed by atoms with van der Waals surface area (Å²) in [6.07, 6.45) is 4.53. The number of nitrogens with one attached hydrogen (secondary N) is 1. The minimum absolute atomic E-state index is 0.0106. The number of rotatable bonds is 3. The van der Waals surface area contributed by atoms with Crippen LogP contribution in [-0.4, -0.2) is 17.0 Å². The molecule has 3 rings (SSSR count). The molecule has 21 heavy (non-hydrogen) atoms. The summed E-state index contributed by atoms with van der Waals surface area (Å²) in [5, 5.41) is 15.2. The van der Waals surface area contributed by atoms with Crippen LogP contribution < -0.4 is 11.1 Å². The van der Waals surface area contributed by atoms with Gasteiger partial charge in [0.1, 0.15) is 0 Å². The van der Waals surface area contributed by atoms with Gasteiger partial charge >= 0.3 is 0 Å². The largest absolute Gasteiger partial charge is 0.409 e. The van der Waals surface area contributed by atoms with E-state index < -0.39 is 0 Å². The average Bonchev–Trinajstić information content (AvgIpc) is 3.09. The molecule has 0 aromatic heterocycles. The number of amidine groups is 1. The Morgan fingerprint density at radius 1 is 1.38 bits per heavy atom. The Balaban J connectivity index is 1.81. The number of nitrogens with zero attached hydrogens (tertiary/aromatic N) is 1. The molecule has 0 spiro atoms. The number of amides is 1. The lowest BCUT2D eigenvalue weighted by atomic mass is 9.88. The van der Waals surface area contributed by atoms with Crippen molar-refractivity contribution in [1.82, 2.24) is 0 Å². The van der Waals surface area contributed by atoms with E-state index in [9.17, 15) is 4.79 Å². The van der Waals surface area contributed by atoms with Gasteiger partial charge in [0, 0.05) is 16.5 Å². The maximum atomic E-state index is 12.5. The third kappa shape index (κ3) is 2.70. The van der Waals surface area contributed by atoms with Crippen LogP contribution in [0.15, 0.2) is 23.4 Å². The highest BCUT2D eigenvalue weighted by Gasteiger charge is 2.43. The van der Waals surface area contributed by atoms with Crippen LogP contribution in [-0.2, 0) is 4.79 Å². The number of nitrogens with two attached hydrogens (primary N) is 1. The highest BCUT2D eigenvalue weighted by Crippen LogP contribution is 2.48. The molecule has 4 N–H and O–H groups in total. The van der Waals surface area contributed by atoms with Crippen molar-refractivity contribution in [3.05, 3.63) is 28.8 Å². The van der Waals surface area contributed by atoms with Gasteiger partial charge in [-0.1, -0.05) is 23.2 Å². The minimum Gasteiger partial charge on any atom is -0.409 e. The SMILES string of the molecule is NC(=NO)c1ccc(Cl)cc1NC(=O)C1CC2CCC1C2. The van der Waals surface area contributed by atoms with Crippen LogP contribution in [0.1, 0.15) is 31.2 Å². The minimum atomic E-state index is -0.0464. The highest BCUT2D eigenvalue weighted by molar-refractivity contribution is 6.31. The molecule has 6 heteroatoms. The van der Waals surface area contributed by atoms with E-state index in [2.05, 4.69) is 10.5 Å². The maximum Gasteiger partial charge on any atom is 0.227 e. The van der Waals surface area contributed by atoms with Crippen LogP contribution in [0.25, 0.3) is 0 Å². The lowest BCUT2D eigenvalue weighted by Crippen LogP contribution is -2.28. The fourth-order valence-electron chi connectivity index (χ4n) is 3.69. The second kappa shape index (κ2) is 5.56. The number of halogens is 1. The molecule has 1 aromatic rings. The molecule has 2 aliphatic rings. The lowest BCUT2D eigenvalue weighted by Gasteiger charge is -2.21. The van der Waals surface area contributed by atoms with Gasteiger partial charge in [0.05, 0.1) is 5.69 Å². The van der Waals surface area contributed by atoms with Gasteiger partial charge in [0.25, 0.3) is 0 Å². The molecule has 0 heterocycles. The molecule has 3 atom stereocenters. The number of carbonyl (C=O) groups is 1. The molecule has 2 bridgehead atoms. The fraction of sp³-hybridized carbons (Fsp3) is 0.467. The zero-order valence-electron chi connectivity index (χ0n) is 11.6. The van der Waals surface area contributed by atoms with Gasteiger partial charge in [0.15, 0.2) is 5.84 Å². The topological polar surface area (TPSA) is 87.7 Å². The molecular weight excluding hydrogens is 290 g/mol. The van der Waals surface area contributed by atoms with Gasteiger partial charge < -0.3 is 16.3 Å². The fourth-order valence-corrected chi connectivity index (χ4v) is 3.86. The predicted octanol–water partition coefficient (Wildman–Crippen LogP) is 2.81. The second-order valence-electron chi connectivity index (χ2n) is 5.95. The van der Waals surface area contributed by atoms with Crippen molar-refractivity contribution in [2.75, 3.05) is 5.32 Å². The molecule has 0 aliphatic heterocycles. The van der Waals surface area contributed by atoms with Gasteiger partial charge in [-0.2, -0.15) is 0 Å². The summed E-state index contributed by atoms with van der Waals surface area (Å²) in [7, 11) is 0. The summed E-state index contributed by atoms with van der Waals surface area (Å²) >= 11 is 5.98. The molecule has 0 saturated heterocycles. The molecule has 5 nitrogen and oxygen atoms in total. The van der Waals surface area contributed by atoms with Crippen molar-refractivity contribution in [2.45, 2.75) is 25.7 Å². The number of anilines is 1. The first-order valence-electron chi connectivity index (χ1n) is 7.16. The van der Waals surface area contributed by atoms with Gasteiger partial charge in [0.2, 0.25) is 5.91 Å². The Bertz CT molecular complexity index is 603. The van der Waals surface area contributed by atoms with E-state index in [-0.39, 0.29) is 17.7 Å². The van der Waals surface area contributed by atoms with E-state index in [0.29, 0.717) is 28.1 Å². The van der Waals surface area contributed by atoms with Gasteiger partial charge in [-0.3, -0.25) is 4.79 Å². The van der Waals surface area contributed by atoms with Crippen LogP contribution in [0.5, 0.6) is 0 Å². The average molecular weight is 308 g/mol. The Labute approximate surface area is 128 Å². The number of hydrogen-bond acceptors (Lipinski definition) is 3. The molecule has 2 saturated carbocycles. The molecule has 3 unspecified atom stereocenters. The van der Waals surface area contributed by atoms with Crippen LogP contribution >= 0.6 is 11.6 Å². The number of hydrogen-bond donors (Lipinski definition) is 3. The van der Waals surface area contributed by atoms with Crippen molar-refractivity contribution in [3.8, 4) is 0 Å². The van der Waals surface area contributed by atoms with Crippen molar-refractivity contribution >= 4 is 29.0 Å². The van der Waals surface area contributed by atoms with E-state index in [1.807, 2.05) is 0 Å². The monoisotopic (exact) mass is 307 g/mol. The normalized spacial score (nSPS) is 27.9. The molecule has 2 fully saturated rings. The summed E-state index contributed by atoms with van der Waals surface area (Å²) in [6.45, 7) is 0. The zero-order chi connectivity index (χ0) is 15.0. The second-order valence-corrected chi connectivity index (χ2v) is 6.38. The van der Waals surface area contributed by atoms with E-state index in [1.165, 1.54) is 12.8 Å². The summed E-state index contributed by atoms with van der Waals surface area (Å²) < 4.78 is 0. The van der Waals surface area contributed by atoms with Crippen LogP contribution in [0.4, 0.5) is 5.69 Å². The summed E-state index contributed by atoms with van der Waals surface area (Å²) in [5.41, 5.74) is 6.60. The summed E-state index contributed by atoms with van der Waals surface area (Å²) in [6, 6.07) is 4.90. The third-order valence-electron chi connectivity index (χ3n) is 4.70. The van der Waals surface area contributed by atoms with E-state index in [4.69, 9.17) is 22.5 Å². The molecule has 0 radical (unpaired) electrons. The van der Waals surface area contributed by atoms with Crippen molar-refractivity contribution in [2.24, 2.45) is 28.6 Å². The Morgan fingerprint density at radius 3 is 2.81 bits per heavy atom. The predicted molar refractivity (Wildman–Crippen MR) is 81.5 cm³/mol. The molecule has 112 valence electrons. The lowest BCUT2D eigenvalue weighted by molar-refractivity contribution is -0.121. The third-order valence-corrected chi connectivity index (χ3v) is 4.93. The molecule has 1 amide bonds. The molecule has 2 aliphatic carbocycles. The van der Waals surface area contributed by atoms with Crippen LogP contribution in [0.2, 0.25) is 5.02 Å². The first-order chi connectivity index (χ1) is 10.1. The van der Waals surface area contributed by atoms with E-state index in [0.717, 1.165) is 12.8 Å². The first-order valence-corrected chi connectivity index (χ1v) is 7.54. The van der Waals surface area contributed by atoms with Crippen molar-refractivity contribution in [3.63, 3.8) is 0 Å². The number of fused-ring (bicyclic) bond motifs is 2. The summed E-state index contributed by atoms with van der Waals surface area (Å²) in [5.74, 6) is 1.24. The van der Waals surface area contributed by atoms with Gasteiger partial charge in [-0.05, 0) is 49.3 Å². The molecule has 1 aromatic carbocycles. The van der Waals surface area contributed by atoms with Crippen LogP contribution in [0, 0.1) is 17.8 Å². The standard InChI is InChI=1S/C15H18ClN3O2/c16-10-3-4-11(14(17)19-21)13(7-10)18-15(20)12-6-8-1-2-9(12)5-8/h3-4,7-9,12,21H,1-2,5-6H2,(H2,17,19)(H,18,20). The van der Waals surface area contributed by atoms with Crippen LogP contribution in [0.3, 0.4) is 0 Å². The smallest absolute Gasteiger partial charge is 0.227 e. The van der Waals surface area contributed by atoms with Gasteiger partial charge in [-0.25, -0.2) is 0 Å².